The first-order valence-corrected chi connectivity index (χ1v) is 11.0. The van der Waals surface area contributed by atoms with E-state index in [1.54, 1.807) is 6.07 Å². The molecule has 31 heavy (non-hydrogen) atoms. The van der Waals surface area contributed by atoms with E-state index in [-0.39, 0.29) is 10.8 Å². The Bertz CT molecular complexity index is 1070. The lowest BCUT2D eigenvalue weighted by Crippen LogP contribution is -2.49. The molecule has 0 unspecified atom stereocenters. The van der Waals surface area contributed by atoms with Crippen LogP contribution in [0.5, 0.6) is 0 Å². The van der Waals surface area contributed by atoms with Gasteiger partial charge in [0, 0.05) is 31.1 Å². The average molecular weight is 449 g/mol. The maximum atomic E-state index is 12.8. The lowest BCUT2D eigenvalue weighted by molar-refractivity contribution is -0.130. The van der Waals surface area contributed by atoms with Gasteiger partial charge in [0.2, 0.25) is 5.91 Å². The van der Waals surface area contributed by atoms with Crippen LogP contribution in [0.3, 0.4) is 0 Å². The molecule has 0 spiro atoms. The van der Waals surface area contributed by atoms with Crippen molar-refractivity contribution < 1.29 is 18.0 Å². The monoisotopic (exact) mass is 448 g/mol. The number of halogens is 3. The molecule has 0 saturated carbocycles. The number of thiophene rings is 1. The van der Waals surface area contributed by atoms with E-state index in [0.717, 1.165) is 23.3 Å². The molecule has 164 valence electrons. The molecule has 0 bridgehead atoms. The van der Waals surface area contributed by atoms with Crippen molar-refractivity contribution in [3.63, 3.8) is 0 Å². The van der Waals surface area contributed by atoms with Crippen LogP contribution >= 0.6 is 11.3 Å². The SMILES string of the molecule is CCc1cccc(CC(=O)N2CCN(c3ncnc4sc(CC(F)(F)F)cc34)CC2)c1. The van der Waals surface area contributed by atoms with Gasteiger partial charge in [-0.25, -0.2) is 9.97 Å². The van der Waals surface area contributed by atoms with Gasteiger partial charge in [0.1, 0.15) is 17.0 Å². The number of anilines is 1. The number of nitrogens with zero attached hydrogens (tertiary/aromatic N) is 4. The molecule has 0 N–H and O–H groups in total. The summed E-state index contributed by atoms with van der Waals surface area (Å²) < 4.78 is 38.3. The van der Waals surface area contributed by atoms with Crippen molar-refractivity contribution in [3.05, 3.63) is 52.7 Å². The summed E-state index contributed by atoms with van der Waals surface area (Å²) in [4.78, 5) is 25.9. The number of aromatic nitrogens is 2. The summed E-state index contributed by atoms with van der Waals surface area (Å²) in [6, 6.07) is 9.62. The molecule has 5 nitrogen and oxygen atoms in total. The molecule has 3 aromatic rings. The van der Waals surface area contributed by atoms with Gasteiger partial charge < -0.3 is 9.80 Å². The highest BCUT2D eigenvalue weighted by atomic mass is 32.1. The molecule has 1 saturated heterocycles. The molecule has 0 atom stereocenters. The van der Waals surface area contributed by atoms with Crippen molar-refractivity contribution in [1.29, 1.82) is 0 Å². The number of fused-ring (bicyclic) bond motifs is 1. The molecule has 1 amide bonds. The van der Waals surface area contributed by atoms with E-state index in [4.69, 9.17) is 0 Å². The number of hydrogen-bond donors (Lipinski definition) is 0. The number of alkyl halides is 3. The minimum absolute atomic E-state index is 0.0868. The second kappa shape index (κ2) is 8.82. The van der Waals surface area contributed by atoms with Crippen LogP contribution in [0.4, 0.5) is 19.0 Å². The van der Waals surface area contributed by atoms with Gasteiger partial charge in [0.05, 0.1) is 18.2 Å². The third-order valence-corrected chi connectivity index (χ3v) is 6.46. The van der Waals surface area contributed by atoms with Crippen LogP contribution in [0, 0.1) is 0 Å². The minimum Gasteiger partial charge on any atom is -0.352 e. The lowest BCUT2D eigenvalue weighted by atomic mass is 10.1. The number of rotatable bonds is 5. The van der Waals surface area contributed by atoms with Crippen LogP contribution < -0.4 is 4.90 Å². The van der Waals surface area contributed by atoms with Crippen LogP contribution in [0.15, 0.2) is 36.7 Å². The molecule has 1 fully saturated rings. The zero-order valence-electron chi connectivity index (χ0n) is 17.2. The topological polar surface area (TPSA) is 49.3 Å². The first-order valence-electron chi connectivity index (χ1n) is 10.2. The van der Waals surface area contributed by atoms with Crippen LogP contribution in [-0.4, -0.2) is 53.1 Å². The zero-order chi connectivity index (χ0) is 22.0. The normalized spacial score (nSPS) is 15.0. The summed E-state index contributed by atoms with van der Waals surface area (Å²) in [6.45, 7) is 4.35. The number of carbonyl (C=O) groups excluding carboxylic acids is 1. The Hall–Kier alpha value is -2.68. The van der Waals surface area contributed by atoms with Gasteiger partial charge in [-0.15, -0.1) is 11.3 Å². The van der Waals surface area contributed by atoms with Crippen molar-refractivity contribution in [3.8, 4) is 0 Å². The van der Waals surface area contributed by atoms with E-state index >= 15 is 0 Å². The van der Waals surface area contributed by atoms with Gasteiger partial charge in [0.25, 0.3) is 0 Å². The smallest absolute Gasteiger partial charge is 0.352 e. The summed E-state index contributed by atoms with van der Waals surface area (Å²) in [7, 11) is 0. The third kappa shape index (κ3) is 5.15. The van der Waals surface area contributed by atoms with Crippen LogP contribution in [0.2, 0.25) is 0 Å². The van der Waals surface area contributed by atoms with Crippen molar-refractivity contribution >= 4 is 33.3 Å². The van der Waals surface area contributed by atoms with Crippen molar-refractivity contribution in [2.24, 2.45) is 0 Å². The van der Waals surface area contributed by atoms with Crippen LogP contribution in [0.25, 0.3) is 10.2 Å². The van der Waals surface area contributed by atoms with Crippen LogP contribution in [-0.2, 0) is 24.1 Å². The Balaban J connectivity index is 1.42. The Morgan fingerprint density at radius 3 is 2.55 bits per heavy atom. The van der Waals surface area contributed by atoms with E-state index in [9.17, 15) is 18.0 Å². The molecule has 1 aliphatic heterocycles. The van der Waals surface area contributed by atoms with Crippen molar-refractivity contribution in [1.82, 2.24) is 14.9 Å². The number of piperazine rings is 1. The van der Waals surface area contributed by atoms with E-state index in [1.165, 1.54) is 11.9 Å². The van der Waals surface area contributed by atoms with E-state index in [1.807, 2.05) is 21.9 Å². The van der Waals surface area contributed by atoms with E-state index < -0.39 is 12.6 Å². The summed E-state index contributed by atoms with van der Waals surface area (Å²) in [5, 5.41) is 0.642. The van der Waals surface area contributed by atoms with Gasteiger partial charge in [-0.05, 0) is 23.6 Å². The number of amides is 1. The van der Waals surface area contributed by atoms with E-state index in [0.29, 0.717) is 48.6 Å². The predicted molar refractivity (Wildman–Crippen MR) is 115 cm³/mol. The first-order chi connectivity index (χ1) is 14.8. The Kier molecular flexibility index (Phi) is 6.13. The first kappa shape index (κ1) is 21.5. The number of hydrogen-bond acceptors (Lipinski definition) is 5. The second-order valence-corrected chi connectivity index (χ2v) is 8.75. The summed E-state index contributed by atoms with van der Waals surface area (Å²) in [6.07, 6.45) is -2.52. The summed E-state index contributed by atoms with van der Waals surface area (Å²) in [5.74, 6) is 0.723. The molecule has 4 rings (SSSR count). The van der Waals surface area contributed by atoms with Gasteiger partial charge >= 0.3 is 6.18 Å². The fraction of sp³-hybridized carbons (Fsp3) is 0.409. The average Bonchev–Trinajstić information content (AvgIpc) is 3.14. The summed E-state index contributed by atoms with van der Waals surface area (Å²) in [5.41, 5.74) is 2.23. The third-order valence-electron chi connectivity index (χ3n) is 5.42. The zero-order valence-corrected chi connectivity index (χ0v) is 18.0. The van der Waals surface area contributed by atoms with Crippen LogP contribution in [0.1, 0.15) is 22.9 Å². The lowest BCUT2D eigenvalue weighted by Gasteiger charge is -2.35. The number of benzene rings is 1. The molecule has 1 aromatic carbocycles. The number of carbonyl (C=O) groups is 1. The molecule has 2 aromatic heterocycles. The van der Waals surface area contributed by atoms with E-state index in [2.05, 4.69) is 29.0 Å². The Labute approximate surface area is 182 Å². The molecule has 1 aliphatic rings. The standard InChI is InChI=1S/C22H23F3N4OS/c1-2-15-4-3-5-16(10-15)11-19(30)28-6-8-29(9-7-28)20-18-12-17(13-22(23,24)25)31-21(18)27-14-26-20/h3-5,10,12,14H,2,6-9,11,13H2,1H3. The van der Waals surface area contributed by atoms with Crippen molar-refractivity contribution in [2.75, 3.05) is 31.1 Å². The molecule has 3 heterocycles. The summed E-state index contributed by atoms with van der Waals surface area (Å²) >= 11 is 1.05. The quantitative estimate of drug-likeness (QED) is 0.586. The van der Waals surface area contributed by atoms with Crippen molar-refractivity contribution in [2.45, 2.75) is 32.4 Å². The highest BCUT2D eigenvalue weighted by molar-refractivity contribution is 7.18. The largest absolute Gasteiger partial charge is 0.393 e. The minimum atomic E-state index is -4.25. The fourth-order valence-corrected chi connectivity index (χ4v) is 4.86. The van der Waals surface area contributed by atoms with Gasteiger partial charge in [-0.2, -0.15) is 13.2 Å². The highest BCUT2D eigenvalue weighted by Gasteiger charge is 2.30. The Morgan fingerprint density at radius 1 is 1.10 bits per heavy atom. The highest BCUT2D eigenvalue weighted by Crippen LogP contribution is 2.34. The van der Waals surface area contributed by atoms with Gasteiger partial charge in [0.15, 0.2) is 0 Å². The number of aryl methyl sites for hydroxylation is 1. The molecule has 9 heteroatoms. The molecular weight excluding hydrogens is 425 g/mol. The molecule has 0 radical (unpaired) electrons. The second-order valence-electron chi connectivity index (χ2n) is 7.64. The molecule has 0 aliphatic carbocycles. The fourth-order valence-electron chi connectivity index (χ4n) is 3.84. The Morgan fingerprint density at radius 2 is 1.84 bits per heavy atom. The maximum absolute atomic E-state index is 12.8. The van der Waals surface area contributed by atoms with Gasteiger partial charge in [-0.1, -0.05) is 31.2 Å². The van der Waals surface area contributed by atoms with Gasteiger partial charge in [-0.3, -0.25) is 4.79 Å². The maximum Gasteiger partial charge on any atom is 0.393 e. The predicted octanol–water partition coefficient (Wildman–Crippen LogP) is 4.25. The molecular formula is C22H23F3N4OS.